The maximum atomic E-state index is 6.00. The van der Waals surface area contributed by atoms with E-state index in [1.807, 2.05) is 48.8 Å². The first-order chi connectivity index (χ1) is 15.3. The summed E-state index contributed by atoms with van der Waals surface area (Å²) in [6, 6.07) is 31.0. The van der Waals surface area contributed by atoms with Crippen molar-refractivity contribution in [2.24, 2.45) is 0 Å². The van der Waals surface area contributed by atoms with Crippen molar-refractivity contribution in [2.75, 3.05) is 0 Å². The van der Waals surface area contributed by atoms with Gasteiger partial charge in [-0.1, -0.05) is 54.6 Å². The summed E-state index contributed by atoms with van der Waals surface area (Å²) in [4.78, 5) is 8.84. The number of nitrogens with zero attached hydrogens (tertiary/aromatic N) is 2. The Morgan fingerprint density at radius 2 is 1.52 bits per heavy atom. The van der Waals surface area contributed by atoms with Crippen molar-refractivity contribution in [2.45, 2.75) is 13.5 Å². The molecular formula is C28H22N2O. The largest absolute Gasteiger partial charge is 0.487 e. The van der Waals surface area contributed by atoms with E-state index in [1.54, 1.807) is 0 Å². The Kier molecular flexibility index (Phi) is 5.16. The molecule has 31 heavy (non-hydrogen) atoms. The highest BCUT2D eigenvalue weighted by Crippen LogP contribution is 2.35. The van der Waals surface area contributed by atoms with Crippen molar-refractivity contribution in [3.63, 3.8) is 0 Å². The molecule has 0 bridgehead atoms. The smallest absolute Gasteiger partial charge is 0.130 e. The van der Waals surface area contributed by atoms with Gasteiger partial charge in [0.25, 0.3) is 0 Å². The molecule has 0 unspecified atom stereocenters. The standard InChI is InChI=1S/C28H22N2O/c1-20-5-4-7-26(28(20)23-15-17-29-18-16-23)21-10-13-25(14-11-21)31-19-24-12-9-22-6-2-3-8-27(22)30-24/h2-18H,19H2,1H3. The van der Waals surface area contributed by atoms with Crippen LogP contribution in [0.4, 0.5) is 0 Å². The van der Waals surface area contributed by atoms with Gasteiger partial charge in [0, 0.05) is 17.8 Å². The average Bonchev–Trinajstić information content (AvgIpc) is 2.83. The van der Waals surface area contributed by atoms with Gasteiger partial charge in [0.2, 0.25) is 0 Å². The van der Waals surface area contributed by atoms with Gasteiger partial charge < -0.3 is 4.74 Å². The first-order valence-corrected chi connectivity index (χ1v) is 10.4. The lowest BCUT2D eigenvalue weighted by Gasteiger charge is -2.14. The maximum absolute atomic E-state index is 6.00. The summed E-state index contributed by atoms with van der Waals surface area (Å²) >= 11 is 0. The molecule has 3 nitrogen and oxygen atoms in total. The molecule has 0 atom stereocenters. The zero-order chi connectivity index (χ0) is 21.0. The molecule has 2 aromatic heterocycles. The van der Waals surface area contributed by atoms with Crippen LogP contribution in [0.5, 0.6) is 5.75 Å². The van der Waals surface area contributed by atoms with E-state index < -0.39 is 0 Å². The molecule has 3 aromatic carbocycles. The molecule has 0 saturated heterocycles. The highest BCUT2D eigenvalue weighted by atomic mass is 16.5. The molecule has 0 spiro atoms. The van der Waals surface area contributed by atoms with E-state index in [0.717, 1.165) is 27.9 Å². The van der Waals surface area contributed by atoms with E-state index in [9.17, 15) is 0 Å². The van der Waals surface area contributed by atoms with Crippen LogP contribution in [0.2, 0.25) is 0 Å². The van der Waals surface area contributed by atoms with Crippen LogP contribution in [-0.2, 0) is 6.61 Å². The quantitative estimate of drug-likeness (QED) is 0.322. The summed E-state index contributed by atoms with van der Waals surface area (Å²) in [6.07, 6.45) is 3.67. The third-order valence-electron chi connectivity index (χ3n) is 5.45. The number of pyridine rings is 2. The summed E-state index contributed by atoms with van der Waals surface area (Å²) in [5.41, 5.74) is 7.92. The van der Waals surface area contributed by atoms with E-state index >= 15 is 0 Å². The van der Waals surface area contributed by atoms with E-state index in [0.29, 0.717) is 6.61 Å². The van der Waals surface area contributed by atoms with Crippen LogP contribution in [-0.4, -0.2) is 9.97 Å². The Hall–Kier alpha value is -3.98. The number of benzene rings is 3. The summed E-state index contributed by atoms with van der Waals surface area (Å²) in [5.74, 6) is 0.830. The molecule has 0 aliphatic heterocycles. The van der Waals surface area contributed by atoms with Crippen LogP contribution in [0.25, 0.3) is 33.2 Å². The Morgan fingerprint density at radius 1 is 0.710 bits per heavy atom. The topological polar surface area (TPSA) is 35.0 Å². The van der Waals surface area contributed by atoms with Gasteiger partial charge in [-0.25, -0.2) is 4.98 Å². The molecule has 2 heterocycles. The van der Waals surface area contributed by atoms with Crippen molar-refractivity contribution in [3.05, 3.63) is 115 Å². The number of hydrogen-bond acceptors (Lipinski definition) is 3. The van der Waals surface area contributed by atoms with Crippen LogP contribution >= 0.6 is 0 Å². The van der Waals surface area contributed by atoms with Crippen molar-refractivity contribution >= 4 is 10.9 Å². The summed E-state index contributed by atoms with van der Waals surface area (Å²) in [7, 11) is 0. The number of hydrogen-bond donors (Lipinski definition) is 0. The van der Waals surface area contributed by atoms with Gasteiger partial charge in [0.1, 0.15) is 12.4 Å². The van der Waals surface area contributed by atoms with Gasteiger partial charge in [0.15, 0.2) is 0 Å². The minimum Gasteiger partial charge on any atom is -0.487 e. The van der Waals surface area contributed by atoms with Crippen molar-refractivity contribution < 1.29 is 4.74 Å². The van der Waals surface area contributed by atoms with E-state index in [1.165, 1.54) is 22.3 Å². The van der Waals surface area contributed by atoms with Crippen molar-refractivity contribution in [1.29, 1.82) is 0 Å². The molecular weight excluding hydrogens is 380 g/mol. The van der Waals surface area contributed by atoms with Crippen LogP contribution in [0, 0.1) is 6.92 Å². The van der Waals surface area contributed by atoms with Gasteiger partial charge in [-0.3, -0.25) is 4.98 Å². The Bertz CT molecular complexity index is 1330. The second kappa shape index (κ2) is 8.41. The lowest BCUT2D eigenvalue weighted by atomic mass is 9.91. The molecule has 150 valence electrons. The summed E-state index contributed by atoms with van der Waals surface area (Å²) in [6.45, 7) is 2.59. The van der Waals surface area contributed by atoms with Crippen molar-refractivity contribution in [1.82, 2.24) is 9.97 Å². The highest BCUT2D eigenvalue weighted by molar-refractivity contribution is 5.85. The molecule has 0 amide bonds. The lowest BCUT2D eigenvalue weighted by Crippen LogP contribution is -1.98. The van der Waals surface area contributed by atoms with E-state index in [2.05, 4.69) is 71.5 Å². The van der Waals surface area contributed by atoms with E-state index in [-0.39, 0.29) is 0 Å². The van der Waals surface area contributed by atoms with Crippen LogP contribution in [0.1, 0.15) is 11.3 Å². The minimum atomic E-state index is 0.441. The van der Waals surface area contributed by atoms with Crippen molar-refractivity contribution in [3.8, 4) is 28.0 Å². The Balaban J connectivity index is 1.37. The summed E-state index contributed by atoms with van der Waals surface area (Å²) in [5, 5.41) is 1.14. The van der Waals surface area contributed by atoms with Gasteiger partial charge in [-0.2, -0.15) is 0 Å². The maximum Gasteiger partial charge on any atom is 0.130 e. The highest BCUT2D eigenvalue weighted by Gasteiger charge is 2.10. The third kappa shape index (κ3) is 4.03. The number of aryl methyl sites for hydroxylation is 1. The molecule has 0 fully saturated rings. The molecule has 0 aliphatic rings. The molecule has 5 aromatic rings. The zero-order valence-electron chi connectivity index (χ0n) is 17.3. The van der Waals surface area contributed by atoms with Crippen LogP contribution in [0.3, 0.4) is 0 Å². The Labute approximate surface area is 182 Å². The van der Waals surface area contributed by atoms with Crippen LogP contribution < -0.4 is 4.74 Å². The summed E-state index contributed by atoms with van der Waals surface area (Å²) < 4.78 is 6.00. The number of para-hydroxylation sites is 1. The second-order valence-corrected chi connectivity index (χ2v) is 7.54. The number of rotatable bonds is 5. The SMILES string of the molecule is Cc1cccc(-c2ccc(OCc3ccc4ccccc4n3)cc2)c1-c1ccncc1. The number of ether oxygens (including phenoxy) is 1. The minimum absolute atomic E-state index is 0.441. The fourth-order valence-corrected chi connectivity index (χ4v) is 3.89. The fraction of sp³-hybridized carbons (Fsp3) is 0.0714. The van der Waals surface area contributed by atoms with Gasteiger partial charge in [0.05, 0.1) is 11.2 Å². The number of fused-ring (bicyclic) bond motifs is 1. The zero-order valence-corrected chi connectivity index (χ0v) is 17.3. The third-order valence-corrected chi connectivity index (χ3v) is 5.45. The first kappa shape index (κ1) is 19.0. The molecule has 0 radical (unpaired) electrons. The molecule has 0 N–H and O–H groups in total. The number of aromatic nitrogens is 2. The second-order valence-electron chi connectivity index (χ2n) is 7.54. The Morgan fingerprint density at radius 3 is 2.35 bits per heavy atom. The molecule has 5 rings (SSSR count). The van der Waals surface area contributed by atoms with E-state index in [4.69, 9.17) is 4.74 Å². The average molecular weight is 402 g/mol. The molecule has 3 heteroatoms. The predicted octanol–water partition coefficient (Wildman–Crippen LogP) is 6.85. The van der Waals surface area contributed by atoms with Gasteiger partial charge in [-0.15, -0.1) is 0 Å². The first-order valence-electron chi connectivity index (χ1n) is 10.4. The monoisotopic (exact) mass is 402 g/mol. The normalized spacial score (nSPS) is 10.9. The van der Waals surface area contributed by atoms with Crippen LogP contribution in [0.15, 0.2) is 103 Å². The fourth-order valence-electron chi connectivity index (χ4n) is 3.89. The predicted molar refractivity (Wildman–Crippen MR) is 126 cm³/mol. The lowest BCUT2D eigenvalue weighted by molar-refractivity contribution is 0.302. The molecule has 0 saturated carbocycles. The molecule has 0 aliphatic carbocycles. The van der Waals surface area contributed by atoms with Gasteiger partial charge in [-0.05, 0) is 71.1 Å². The van der Waals surface area contributed by atoms with Gasteiger partial charge >= 0.3 is 0 Å².